The van der Waals surface area contributed by atoms with Gasteiger partial charge in [0.1, 0.15) is 0 Å². The first-order valence-electron chi connectivity index (χ1n) is 5.06. The van der Waals surface area contributed by atoms with E-state index in [-0.39, 0.29) is 0 Å². The molecule has 1 atom stereocenters. The molecule has 0 saturated carbocycles. The van der Waals surface area contributed by atoms with Crippen LogP contribution in [0.15, 0.2) is 24.3 Å². The molecule has 0 radical (unpaired) electrons. The van der Waals surface area contributed by atoms with Gasteiger partial charge in [-0.1, -0.05) is 36.8 Å². The van der Waals surface area contributed by atoms with Crippen LogP contribution in [-0.4, -0.2) is 18.6 Å². The third-order valence-corrected chi connectivity index (χ3v) is 2.93. The Morgan fingerprint density at radius 1 is 1.29 bits per heavy atom. The topological polar surface area (TPSA) is 12.0 Å². The van der Waals surface area contributed by atoms with Crippen molar-refractivity contribution in [3.05, 3.63) is 35.4 Å². The fourth-order valence-corrected chi connectivity index (χ4v) is 2.13. The minimum Gasteiger partial charge on any atom is -0.310 e. The van der Waals surface area contributed by atoms with E-state index in [1.807, 2.05) is 11.8 Å². The fraction of sp³-hybridized carbons (Fsp3) is 0.500. The van der Waals surface area contributed by atoms with Crippen LogP contribution in [0, 0.1) is 6.92 Å². The summed E-state index contributed by atoms with van der Waals surface area (Å²) in [5.41, 5.74) is 2.72. The zero-order valence-electron chi connectivity index (χ0n) is 9.21. The maximum Gasteiger partial charge on any atom is 0.0411 e. The second kappa shape index (κ2) is 6.10. The van der Waals surface area contributed by atoms with Gasteiger partial charge < -0.3 is 5.32 Å². The van der Waals surface area contributed by atoms with Crippen LogP contribution in [0.5, 0.6) is 0 Å². The van der Waals surface area contributed by atoms with E-state index >= 15 is 0 Å². The molecular weight excluding hydrogens is 190 g/mol. The van der Waals surface area contributed by atoms with Crippen molar-refractivity contribution >= 4 is 11.8 Å². The molecule has 0 spiro atoms. The lowest BCUT2D eigenvalue weighted by Crippen LogP contribution is -2.22. The number of thioether (sulfide) groups is 1. The summed E-state index contributed by atoms with van der Waals surface area (Å²) in [6.45, 7) is 5.31. The first-order valence-corrected chi connectivity index (χ1v) is 6.46. The molecule has 78 valence electrons. The lowest BCUT2D eigenvalue weighted by Gasteiger charge is -2.17. The van der Waals surface area contributed by atoms with Gasteiger partial charge in [0.05, 0.1) is 0 Å². The minimum absolute atomic E-state index is 0.496. The maximum atomic E-state index is 3.50. The van der Waals surface area contributed by atoms with E-state index in [0.717, 1.165) is 12.3 Å². The molecule has 1 nitrogen and oxygen atoms in total. The molecule has 1 aromatic carbocycles. The minimum atomic E-state index is 0.496. The molecular formula is C12H19NS. The molecule has 0 saturated heterocycles. The largest absolute Gasteiger partial charge is 0.310 e. The van der Waals surface area contributed by atoms with Gasteiger partial charge in [0.15, 0.2) is 0 Å². The molecule has 1 N–H and O–H groups in total. The Morgan fingerprint density at radius 2 is 1.93 bits per heavy atom. The van der Waals surface area contributed by atoms with Crippen molar-refractivity contribution in [1.82, 2.24) is 5.32 Å². The van der Waals surface area contributed by atoms with Crippen molar-refractivity contribution in [3.63, 3.8) is 0 Å². The van der Waals surface area contributed by atoms with E-state index in [2.05, 4.69) is 49.7 Å². The molecule has 0 aliphatic heterocycles. The van der Waals surface area contributed by atoms with Gasteiger partial charge in [0.25, 0.3) is 0 Å². The molecule has 1 unspecified atom stereocenters. The van der Waals surface area contributed by atoms with Gasteiger partial charge in [0.2, 0.25) is 0 Å². The monoisotopic (exact) mass is 209 g/mol. The number of aryl methyl sites for hydroxylation is 1. The lowest BCUT2D eigenvalue weighted by molar-refractivity contribution is 0.606. The first-order chi connectivity index (χ1) is 6.77. The van der Waals surface area contributed by atoms with E-state index in [0.29, 0.717) is 6.04 Å². The molecule has 14 heavy (non-hydrogen) atoms. The van der Waals surface area contributed by atoms with Crippen molar-refractivity contribution in [2.45, 2.75) is 19.9 Å². The summed E-state index contributed by atoms with van der Waals surface area (Å²) in [6.07, 6.45) is 2.15. The molecule has 0 aliphatic carbocycles. The summed E-state index contributed by atoms with van der Waals surface area (Å²) < 4.78 is 0. The fourth-order valence-electron chi connectivity index (χ4n) is 1.48. The van der Waals surface area contributed by atoms with Crippen molar-refractivity contribution in [1.29, 1.82) is 0 Å². The van der Waals surface area contributed by atoms with E-state index in [9.17, 15) is 0 Å². The van der Waals surface area contributed by atoms with Crippen LogP contribution >= 0.6 is 11.8 Å². The number of hydrogen-bond donors (Lipinski definition) is 1. The molecule has 0 heterocycles. The lowest BCUT2D eigenvalue weighted by atomic mass is 10.1. The smallest absolute Gasteiger partial charge is 0.0411 e. The molecule has 1 aromatic rings. The Balaban J connectivity index is 2.71. The van der Waals surface area contributed by atoms with Crippen molar-refractivity contribution < 1.29 is 0 Å². The number of rotatable bonds is 5. The van der Waals surface area contributed by atoms with Gasteiger partial charge in [-0.3, -0.25) is 0 Å². The van der Waals surface area contributed by atoms with Gasteiger partial charge in [-0.2, -0.15) is 11.8 Å². The summed E-state index contributed by atoms with van der Waals surface area (Å²) in [5, 5.41) is 3.50. The van der Waals surface area contributed by atoms with Crippen LogP contribution in [0.4, 0.5) is 0 Å². The summed E-state index contributed by atoms with van der Waals surface area (Å²) in [5.74, 6) is 1.14. The zero-order valence-corrected chi connectivity index (χ0v) is 10.0. The van der Waals surface area contributed by atoms with Crippen LogP contribution < -0.4 is 5.32 Å². The summed E-state index contributed by atoms with van der Waals surface area (Å²) in [6, 6.07) is 9.30. The highest BCUT2D eigenvalue weighted by molar-refractivity contribution is 7.98. The number of hydrogen-bond acceptors (Lipinski definition) is 2. The average Bonchev–Trinajstić information content (AvgIpc) is 2.19. The van der Waals surface area contributed by atoms with Gasteiger partial charge in [0, 0.05) is 11.8 Å². The molecule has 2 heteroatoms. The van der Waals surface area contributed by atoms with E-state index in [4.69, 9.17) is 0 Å². The predicted molar refractivity (Wildman–Crippen MR) is 66.0 cm³/mol. The van der Waals surface area contributed by atoms with Crippen molar-refractivity contribution in [2.24, 2.45) is 0 Å². The van der Waals surface area contributed by atoms with Gasteiger partial charge in [-0.25, -0.2) is 0 Å². The summed E-state index contributed by atoms with van der Waals surface area (Å²) >= 11 is 1.89. The third kappa shape index (κ3) is 3.35. The molecule has 0 aromatic heterocycles. The third-order valence-electron chi connectivity index (χ3n) is 2.26. The normalized spacial score (nSPS) is 12.8. The summed E-state index contributed by atoms with van der Waals surface area (Å²) in [4.78, 5) is 0. The van der Waals surface area contributed by atoms with Crippen LogP contribution in [0.1, 0.15) is 24.1 Å². The van der Waals surface area contributed by atoms with E-state index in [1.54, 1.807) is 0 Å². The van der Waals surface area contributed by atoms with Crippen molar-refractivity contribution in [2.75, 3.05) is 18.6 Å². The Kier molecular flexibility index (Phi) is 5.05. The second-order valence-electron chi connectivity index (χ2n) is 3.48. The zero-order chi connectivity index (χ0) is 10.4. The Hall–Kier alpha value is -0.470. The molecule has 0 fully saturated rings. The van der Waals surface area contributed by atoms with Gasteiger partial charge >= 0.3 is 0 Å². The molecule has 0 aliphatic rings. The van der Waals surface area contributed by atoms with E-state index in [1.165, 1.54) is 11.1 Å². The Bertz CT molecular complexity index is 250. The highest BCUT2D eigenvalue weighted by Gasteiger charge is 2.08. The molecule has 0 bridgehead atoms. The molecule has 0 amide bonds. The van der Waals surface area contributed by atoms with Crippen LogP contribution in [0.2, 0.25) is 0 Å². The highest BCUT2D eigenvalue weighted by Crippen LogP contribution is 2.17. The van der Waals surface area contributed by atoms with Crippen LogP contribution in [0.3, 0.4) is 0 Å². The molecule has 1 rings (SSSR count). The van der Waals surface area contributed by atoms with Crippen LogP contribution in [-0.2, 0) is 0 Å². The highest BCUT2D eigenvalue weighted by atomic mass is 32.2. The Morgan fingerprint density at radius 3 is 2.43 bits per heavy atom. The maximum absolute atomic E-state index is 3.50. The quantitative estimate of drug-likeness (QED) is 0.800. The summed E-state index contributed by atoms with van der Waals surface area (Å²) in [7, 11) is 0. The van der Waals surface area contributed by atoms with Crippen molar-refractivity contribution in [3.8, 4) is 0 Å². The van der Waals surface area contributed by atoms with Crippen LogP contribution in [0.25, 0.3) is 0 Å². The average molecular weight is 209 g/mol. The van der Waals surface area contributed by atoms with Gasteiger partial charge in [-0.15, -0.1) is 0 Å². The standard InChI is InChI=1S/C12H19NS/c1-4-13-12(9-14-3)11-7-5-10(2)6-8-11/h5-8,12-13H,4,9H2,1-3H3. The van der Waals surface area contributed by atoms with Gasteiger partial charge in [-0.05, 0) is 25.3 Å². The van der Waals surface area contributed by atoms with E-state index < -0.39 is 0 Å². The first kappa shape index (κ1) is 11.6. The predicted octanol–water partition coefficient (Wildman–Crippen LogP) is 3.01. The number of benzene rings is 1. The Labute approximate surface area is 91.3 Å². The number of nitrogens with one attached hydrogen (secondary N) is 1. The second-order valence-corrected chi connectivity index (χ2v) is 4.39. The SMILES string of the molecule is CCNC(CSC)c1ccc(C)cc1.